The summed E-state index contributed by atoms with van der Waals surface area (Å²) >= 11 is 12.0. The van der Waals surface area contributed by atoms with Gasteiger partial charge in [0, 0.05) is 24.3 Å². The lowest BCUT2D eigenvalue weighted by Gasteiger charge is -2.38. The number of ether oxygens (including phenoxy) is 4. The number of nitrogens with two attached hydrogens (primary N) is 2. The molecule has 0 aliphatic rings. The van der Waals surface area contributed by atoms with E-state index in [0.29, 0.717) is 43.3 Å². The highest BCUT2D eigenvalue weighted by atomic mass is 35.5. The molecule has 0 heterocycles. The Bertz CT molecular complexity index is 1280. The summed E-state index contributed by atoms with van der Waals surface area (Å²) < 4.78 is 21.9. The van der Waals surface area contributed by atoms with E-state index in [-0.39, 0.29) is 25.8 Å². The molecule has 0 saturated heterocycles. The van der Waals surface area contributed by atoms with Gasteiger partial charge in [0.25, 0.3) is 0 Å². The van der Waals surface area contributed by atoms with Crippen molar-refractivity contribution < 1.29 is 18.9 Å². The van der Waals surface area contributed by atoms with Crippen molar-refractivity contribution in [3.8, 4) is 22.9 Å². The summed E-state index contributed by atoms with van der Waals surface area (Å²) in [6.07, 6.45) is -0.698. The van der Waals surface area contributed by atoms with Gasteiger partial charge in [0.15, 0.2) is 0 Å². The van der Waals surface area contributed by atoms with E-state index in [1.807, 2.05) is 48.5 Å². The maximum Gasteiger partial charge on any atom is 0.147 e. The molecule has 2 rings (SSSR count). The Hall–Kier alpha value is -1.67. The number of methoxy groups -OCH3 is 2. The van der Waals surface area contributed by atoms with E-state index in [1.165, 1.54) is 0 Å². The van der Waals surface area contributed by atoms with E-state index in [4.69, 9.17) is 53.6 Å². The van der Waals surface area contributed by atoms with Gasteiger partial charge in [-0.25, -0.2) is 0 Å². The van der Waals surface area contributed by atoms with Crippen LogP contribution in [0.25, 0.3) is 0 Å². The molecule has 0 unspecified atom stereocenters. The van der Waals surface area contributed by atoms with E-state index in [1.54, 1.807) is 14.2 Å². The van der Waals surface area contributed by atoms with Crippen molar-refractivity contribution in [2.24, 2.45) is 11.5 Å². The van der Waals surface area contributed by atoms with Gasteiger partial charge < -0.3 is 30.4 Å². The van der Waals surface area contributed by atoms with Crippen molar-refractivity contribution in [1.29, 1.82) is 0 Å². The Kier molecular flexibility index (Phi) is 21.7. The molecule has 0 aromatic heterocycles. The van der Waals surface area contributed by atoms with Gasteiger partial charge in [-0.05, 0) is 68.6 Å². The lowest BCUT2D eigenvalue weighted by Crippen LogP contribution is -2.44. The molecule has 0 aliphatic carbocycles. The second-order valence-electron chi connectivity index (χ2n) is 15.5. The van der Waals surface area contributed by atoms with Crippen molar-refractivity contribution in [2.75, 3.05) is 27.8 Å². The summed E-state index contributed by atoms with van der Waals surface area (Å²) in [7, 11) is -0.450. The van der Waals surface area contributed by atoms with Crippen LogP contribution in [0.1, 0.15) is 106 Å². The molecule has 0 aliphatic heterocycles. The SMILES string of the molecule is COCO[C@@H](c1ccc(Cl)cc1)[C@H](N)C#C[Si](C(C)C)(C(C)C)C(C)C.COCO[C@H](c1ccc(Cl)cc1)[C@@H](N)C#C[Si](C(C)C)(C(C)C)C(C)C. The van der Waals surface area contributed by atoms with Gasteiger partial charge >= 0.3 is 0 Å². The zero-order chi connectivity index (χ0) is 39.8. The summed E-state index contributed by atoms with van der Waals surface area (Å²) in [5.74, 6) is 6.73. The molecule has 292 valence electrons. The molecule has 0 bridgehead atoms. The van der Waals surface area contributed by atoms with Crippen molar-refractivity contribution in [1.82, 2.24) is 0 Å². The van der Waals surface area contributed by atoms with E-state index < -0.39 is 28.2 Å². The van der Waals surface area contributed by atoms with Crippen molar-refractivity contribution in [3.05, 3.63) is 69.7 Å². The average Bonchev–Trinajstić information content (AvgIpc) is 3.06. The maximum atomic E-state index is 6.47. The Labute approximate surface area is 329 Å². The van der Waals surface area contributed by atoms with E-state index in [9.17, 15) is 0 Å². The Morgan fingerprint density at radius 2 is 0.750 bits per heavy atom. The molecule has 0 amide bonds. The Morgan fingerprint density at radius 3 is 0.962 bits per heavy atom. The topological polar surface area (TPSA) is 89.0 Å². The summed E-state index contributed by atoms with van der Waals surface area (Å²) in [6, 6.07) is 14.3. The molecule has 2 aromatic carbocycles. The molecular weight excluding hydrogens is 724 g/mol. The van der Waals surface area contributed by atoms with Gasteiger partial charge in [0.05, 0.1) is 12.1 Å². The predicted octanol–water partition coefficient (Wildman–Crippen LogP) is 11.1. The van der Waals surface area contributed by atoms with Gasteiger partial charge in [0.1, 0.15) is 41.9 Å². The highest BCUT2D eigenvalue weighted by molar-refractivity contribution is 6.91. The highest BCUT2D eigenvalue weighted by Gasteiger charge is 2.43. The molecule has 4 N–H and O–H groups in total. The smallest absolute Gasteiger partial charge is 0.147 e. The lowest BCUT2D eigenvalue weighted by atomic mass is 10.0. The second kappa shape index (κ2) is 23.3. The normalized spacial score (nSPS) is 14.5. The van der Waals surface area contributed by atoms with Gasteiger partial charge in [0.2, 0.25) is 0 Å². The van der Waals surface area contributed by atoms with Crippen molar-refractivity contribution >= 4 is 39.3 Å². The van der Waals surface area contributed by atoms with Crippen LogP contribution in [0.15, 0.2) is 48.5 Å². The minimum atomic E-state index is -1.83. The quantitative estimate of drug-likeness (QED) is 0.1000. The number of halogens is 2. The zero-order valence-electron chi connectivity index (χ0n) is 34.4. The summed E-state index contributed by atoms with van der Waals surface area (Å²) in [4.78, 5) is 0. The number of hydrogen-bond acceptors (Lipinski definition) is 6. The maximum absolute atomic E-state index is 6.47. The van der Waals surface area contributed by atoms with Crippen LogP contribution in [0.4, 0.5) is 0 Å². The lowest BCUT2D eigenvalue weighted by molar-refractivity contribution is -0.0761. The predicted molar refractivity (Wildman–Crippen MR) is 228 cm³/mol. The van der Waals surface area contributed by atoms with Crippen LogP contribution in [-0.2, 0) is 18.9 Å². The van der Waals surface area contributed by atoms with Crippen molar-refractivity contribution in [2.45, 2.75) is 141 Å². The fourth-order valence-corrected chi connectivity index (χ4v) is 18.7. The first kappa shape index (κ1) is 48.4. The fourth-order valence-electron chi connectivity index (χ4n) is 7.84. The summed E-state index contributed by atoms with van der Waals surface area (Å²) in [5, 5.41) is 1.37. The fraction of sp³-hybridized carbons (Fsp3) is 0.619. The van der Waals surface area contributed by atoms with Crippen LogP contribution in [0.2, 0.25) is 43.3 Å². The molecule has 52 heavy (non-hydrogen) atoms. The molecule has 10 heteroatoms. The molecule has 0 spiro atoms. The number of rotatable bonds is 16. The molecule has 0 radical (unpaired) electrons. The first-order valence-electron chi connectivity index (χ1n) is 18.6. The highest BCUT2D eigenvalue weighted by Crippen LogP contribution is 2.42. The minimum absolute atomic E-state index is 0.170. The Morgan fingerprint density at radius 1 is 0.500 bits per heavy atom. The number of benzene rings is 2. The van der Waals surface area contributed by atoms with Gasteiger partial charge in [-0.1, -0.05) is 142 Å². The van der Waals surface area contributed by atoms with Gasteiger partial charge in [-0.3, -0.25) is 0 Å². The van der Waals surface area contributed by atoms with Crippen LogP contribution in [-0.4, -0.2) is 56.0 Å². The molecule has 0 saturated carbocycles. The van der Waals surface area contributed by atoms with Crippen LogP contribution in [0, 0.1) is 22.9 Å². The standard InChI is InChI=1S/2C21H34ClNO2Si/c2*1-15(2)26(16(3)4,17(5)6)13-12-20(23)21(25-14-24-7)18-8-10-19(22)11-9-18/h2*8-11,15-17,20-21H,14,23H2,1-7H3/t2*20-,21+/m10/s1. The summed E-state index contributed by atoms with van der Waals surface area (Å²) in [6.45, 7) is 27.9. The van der Waals surface area contributed by atoms with Crippen LogP contribution >= 0.6 is 23.2 Å². The molecule has 6 nitrogen and oxygen atoms in total. The first-order valence-corrected chi connectivity index (χ1v) is 23.8. The first-order chi connectivity index (χ1) is 24.3. The molecular formula is C42H68Cl2N2O4Si2. The van der Waals surface area contributed by atoms with E-state index >= 15 is 0 Å². The van der Waals surface area contributed by atoms with E-state index in [2.05, 4.69) is 106 Å². The third-order valence-corrected chi connectivity index (χ3v) is 23.5. The zero-order valence-corrected chi connectivity index (χ0v) is 37.9. The number of hydrogen-bond donors (Lipinski definition) is 2. The Balaban J connectivity index is 0.000000520. The second-order valence-corrected chi connectivity index (χ2v) is 27.5. The summed E-state index contributed by atoms with van der Waals surface area (Å²) in [5.41, 5.74) is 25.6. The van der Waals surface area contributed by atoms with Gasteiger partial charge in [-0.2, -0.15) is 0 Å². The van der Waals surface area contributed by atoms with Gasteiger partial charge in [-0.15, -0.1) is 11.1 Å². The largest absolute Gasteiger partial charge is 0.359 e. The molecule has 2 aromatic rings. The van der Waals surface area contributed by atoms with Crippen LogP contribution in [0.5, 0.6) is 0 Å². The van der Waals surface area contributed by atoms with Crippen molar-refractivity contribution in [3.63, 3.8) is 0 Å². The van der Waals surface area contributed by atoms with E-state index in [0.717, 1.165) is 11.1 Å². The molecule has 0 fully saturated rings. The van der Waals surface area contributed by atoms with Crippen LogP contribution in [0.3, 0.4) is 0 Å². The average molecular weight is 792 g/mol. The monoisotopic (exact) mass is 790 g/mol. The third-order valence-electron chi connectivity index (χ3n) is 10.4. The third kappa shape index (κ3) is 13.3. The minimum Gasteiger partial charge on any atom is -0.359 e. The van der Waals surface area contributed by atoms with Crippen LogP contribution < -0.4 is 11.5 Å². The molecule has 4 atom stereocenters.